The van der Waals surface area contributed by atoms with E-state index < -0.39 is 12.0 Å². The van der Waals surface area contributed by atoms with E-state index in [0.29, 0.717) is 16.1 Å². The van der Waals surface area contributed by atoms with E-state index in [1.54, 1.807) is 53.9 Å². The van der Waals surface area contributed by atoms with Crippen LogP contribution in [0.2, 0.25) is 0 Å². The van der Waals surface area contributed by atoms with Crippen LogP contribution in [-0.2, 0) is 9.53 Å². The number of hydrogen-bond acceptors (Lipinski definition) is 6. The fourth-order valence-corrected chi connectivity index (χ4v) is 3.53. The molecular formula is C22H18BrNO4S. The molecule has 0 radical (unpaired) electrons. The number of thiophene rings is 1. The number of nitrogens with one attached hydrogen (secondary N) is 1. The lowest BCUT2D eigenvalue weighted by atomic mass is 10.0. The standard InChI is InChI=1S/C22H18BrNO4S/c23-16-8-10-17(11-9-16)24-18(13-19(25)15-5-2-1-3-6-15)22(27)28-14-20(26)21-7-4-12-29-21/h1-12,18,24H,13-14H2. The number of benzene rings is 2. The molecule has 3 rings (SSSR count). The molecule has 0 saturated carbocycles. The summed E-state index contributed by atoms with van der Waals surface area (Å²) < 4.78 is 6.11. The fraction of sp³-hybridized carbons (Fsp3) is 0.136. The number of Topliss-reactive ketones (excluding diaryl/α,β-unsaturated/α-hetero) is 2. The quantitative estimate of drug-likeness (QED) is 0.351. The fourth-order valence-electron chi connectivity index (χ4n) is 2.61. The molecule has 3 aromatic rings. The first-order chi connectivity index (χ1) is 14.0. The molecule has 29 heavy (non-hydrogen) atoms. The van der Waals surface area contributed by atoms with Crippen LogP contribution < -0.4 is 5.32 Å². The van der Waals surface area contributed by atoms with Gasteiger partial charge in [-0.2, -0.15) is 0 Å². The average Bonchev–Trinajstić information content (AvgIpc) is 3.28. The van der Waals surface area contributed by atoms with E-state index in [2.05, 4.69) is 21.2 Å². The van der Waals surface area contributed by atoms with Gasteiger partial charge in [0.1, 0.15) is 6.04 Å². The molecular weight excluding hydrogens is 454 g/mol. The normalized spacial score (nSPS) is 11.5. The van der Waals surface area contributed by atoms with Crippen LogP contribution in [0.3, 0.4) is 0 Å². The van der Waals surface area contributed by atoms with Gasteiger partial charge in [0.25, 0.3) is 0 Å². The minimum Gasteiger partial charge on any atom is -0.456 e. The van der Waals surface area contributed by atoms with Crippen molar-refractivity contribution in [2.24, 2.45) is 0 Å². The van der Waals surface area contributed by atoms with Gasteiger partial charge in [0.2, 0.25) is 5.78 Å². The summed E-state index contributed by atoms with van der Waals surface area (Å²) in [6.07, 6.45) is -0.0912. The number of carbonyl (C=O) groups is 3. The first kappa shape index (κ1) is 21.0. The van der Waals surface area contributed by atoms with Crippen LogP contribution in [0.15, 0.2) is 76.6 Å². The average molecular weight is 472 g/mol. The van der Waals surface area contributed by atoms with Crippen LogP contribution in [0, 0.1) is 0 Å². The zero-order valence-corrected chi connectivity index (χ0v) is 17.7. The van der Waals surface area contributed by atoms with Crippen LogP contribution in [0.1, 0.15) is 26.5 Å². The second kappa shape index (κ2) is 10.1. The maximum Gasteiger partial charge on any atom is 0.329 e. The van der Waals surface area contributed by atoms with E-state index in [1.807, 2.05) is 18.2 Å². The highest BCUT2D eigenvalue weighted by Gasteiger charge is 2.25. The maximum atomic E-state index is 12.7. The Kier molecular flexibility index (Phi) is 7.32. The Morgan fingerprint density at radius 3 is 2.31 bits per heavy atom. The van der Waals surface area contributed by atoms with Crippen molar-refractivity contribution in [2.75, 3.05) is 11.9 Å². The van der Waals surface area contributed by atoms with Crippen molar-refractivity contribution in [1.82, 2.24) is 0 Å². The summed E-state index contributed by atoms with van der Waals surface area (Å²) in [5.74, 6) is -1.12. The van der Waals surface area contributed by atoms with Crippen molar-refractivity contribution < 1.29 is 19.1 Å². The summed E-state index contributed by atoms with van der Waals surface area (Å²) >= 11 is 4.65. The number of carbonyl (C=O) groups excluding carboxylic acids is 3. The summed E-state index contributed by atoms with van der Waals surface area (Å²) in [5, 5.41) is 4.82. The highest BCUT2D eigenvalue weighted by atomic mass is 79.9. The van der Waals surface area contributed by atoms with E-state index in [9.17, 15) is 14.4 Å². The molecule has 5 nitrogen and oxygen atoms in total. The largest absolute Gasteiger partial charge is 0.456 e. The highest BCUT2D eigenvalue weighted by molar-refractivity contribution is 9.10. The molecule has 0 aliphatic heterocycles. The van der Waals surface area contributed by atoms with Gasteiger partial charge in [-0.05, 0) is 35.7 Å². The summed E-state index contributed by atoms with van der Waals surface area (Å²) in [4.78, 5) is 37.9. The summed E-state index contributed by atoms with van der Waals surface area (Å²) in [6, 6.07) is 18.5. The van der Waals surface area contributed by atoms with Gasteiger partial charge >= 0.3 is 5.97 Å². The minimum atomic E-state index is -0.917. The zero-order valence-electron chi connectivity index (χ0n) is 15.3. The molecule has 0 fully saturated rings. The number of ether oxygens (including phenoxy) is 1. The smallest absolute Gasteiger partial charge is 0.329 e. The molecule has 1 heterocycles. The Hall–Kier alpha value is -2.77. The summed E-state index contributed by atoms with van der Waals surface area (Å²) in [7, 11) is 0. The molecule has 1 aromatic heterocycles. The van der Waals surface area contributed by atoms with Gasteiger partial charge in [0.05, 0.1) is 4.88 Å². The van der Waals surface area contributed by atoms with E-state index in [0.717, 1.165) is 4.47 Å². The molecule has 7 heteroatoms. The van der Waals surface area contributed by atoms with Crippen LogP contribution in [0.5, 0.6) is 0 Å². The van der Waals surface area contributed by atoms with Gasteiger partial charge in [0.15, 0.2) is 12.4 Å². The molecule has 0 spiro atoms. The van der Waals surface area contributed by atoms with Crippen LogP contribution in [-0.4, -0.2) is 30.2 Å². The van der Waals surface area contributed by atoms with E-state index in [-0.39, 0.29) is 24.6 Å². The van der Waals surface area contributed by atoms with Crippen LogP contribution >= 0.6 is 27.3 Å². The van der Waals surface area contributed by atoms with E-state index in [4.69, 9.17) is 4.74 Å². The van der Waals surface area contributed by atoms with Crippen molar-refractivity contribution in [3.63, 3.8) is 0 Å². The van der Waals surface area contributed by atoms with E-state index >= 15 is 0 Å². The van der Waals surface area contributed by atoms with Gasteiger partial charge in [-0.1, -0.05) is 52.3 Å². The van der Waals surface area contributed by atoms with Crippen LogP contribution in [0.4, 0.5) is 5.69 Å². The molecule has 1 atom stereocenters. The third-order valence-corrected chi connectivity index (χ3v) is 5.54. The Bertz CT molecular complexity index is 972. The topological polar surface area (TPSA) is 72.5 Å². The lowest BCUT2D eigenvalue weighted by Gasteiger charge is -2.18. The Morgan fingerprint density at radius 1 is 0.931 bits per heavy atom. The Morgan fingerprint density at radius 2 is 1.66 bits per heavy atom. The predicted molar refractivity (Wildman–Crippen MR) is 117 cm³/mol. The van der Waals surface area contributed by atoms with Crippen molar-refractivity contribution in [1.29, 1.82) is 0 Å². The molecule has 0 bridgehead atoms. The van der Waals surface area contributed by atoms with Crippen molar-refractivity contribution in [3.05, 3.63) is 87.0 Å². The van der Waals surface area contributed by atoms with Crippen molar-refractivity contribution in [3.8, 4) is 0 Å². The van der Waals surface area contributed by atoms with Crippen LogP contribution in [0.25, 0.3) is 0 Å². The predicted octanol–water partition coefficient (Wildman–Crippen LogP) is 4.99. The number of halogens is 1. The molecule has 0 aliphatic rings. The maximum absolute atomic E-state index is 12.7. The molecule has 0 saturated heterocycles. The monoisotopic (exact) mass is 471 g/mol. The second-order valence-corrected chi connectivity index (χ2v) is 8.07. The van der Waals surface area contributed by atoms with Gasteiger partial charge in [-0.25, -0.2) is 4.79 Å². The highest BCUT2D eigenvalue weighted by Crippen LogP contribution is 2.18. The van der Waals surface area contributed by atoms with Crippen molar-refractivity contribution >= 4 is 50.5 Å². The number of hydrogen-bond donors (Lipinski definition) is 1. The molecule has 2 aromatic carbocycles. The first-order valence-corrected chi connectivity index (χ1v) is 10.5. The third kappa shape index (κ3) is 6.10. The first-order valence-electron chi connectivity index (χ1n) is 8.86. The zero-order chi connectivity index (χ0) is 20.6. The summed E-state index contributed by atoms with van der Waals surface area (Å²) in [5.41, 5.74) is 1.18. The molecule has 148 valence electrons. The molecule has 1 unspecified atom stereocenters. The molecule has 0 amide bonds. The second-order valence-electron chi connectivity index (χ2n) is 6.21. The van der Waals surface area contributed by atoms with Gasteiger partial charge < -0.3 is 10.1 Å². The number of ketones is 2. The van der Waals surface area contributed by atoms with Gasteiger partial charge in [0, 0.05) is 22.1 Å². The number of anilines is 1. The Balaban J connectivity index is 1.70. The lowest BCUT2D eigenvalue weighted by Crippen LogP contribution is -2.34. The number of esters is 1. The summed E-state index contributed by atoms with van der Waals surface area (Å²) in [6.45, 7) is -0.364. The minimum absolute atomic E-state index is 0.0912. The van der Waals surface area contributed by atoms with Crippen molar-refractivity contribution in [2.45, 2.75) is 12.5 Å². The molecule has 1 N–H and O–H groups in total. The number of rotatable bonds is 9. The lowest BCUT2D eigenvalue weighted by molar-refractivity contribution is -0.143. The molecule has 0 aliphatic carbocycles. The van der Waals surface area contributed by atoms with Gasteiger partial charge in [-0.15, -0.1) is 11.3 Å². The third-order valence-electron chi connectivity index (χ3n) is 4.10. The Labute approximate surface area is 180 Å². The SMILES string of the molecule is O=C(CC(Nc1ccc(Br)cc1)C(=O)OCC(=O)c1cccs1)c1ccccc1. The van der Waals surface area contributed by atoms with Gasteiger partial charge in [-0.3, -0.25) is 9.59 Å². The van der Waals surface area contributed by atoms with E-state index in [1.165, 1.54) is 11.3 Å².